The topological polar surface area (TPSA) is 43.8 Å². The van der Waals surface area contributed by atoms with E-state index in [1.54, 1.807) is 4.68 Å². The van der Waals surface area contributed by atoms with Crippen LogP contribution in [0.15, 0.2) is 22.7 Å². The van der Waals surface area contributed by atoms with E-state index in [0.29, 0.717) is 10.8 Å². The summed E-state index contributed by atoms with van der Waals surface area (Å²) in [6, 6.07) is 5.76. The van der Waals surface area contributed by atoms with Crippen LogP contribution in [0, 0.1) is 0 Å². The van der Waals surface area contributed by atoms with E-state index in [0.717, 1.165) is 27.7 Å². The Kier molecular flexibility index (Phi) is 3.45. The number of aryl methyl sites for hydroxylation is 1. The zero-order valence-electron chi connectivity index (χ0n) is 9.67. The highest BCUT2D eigenvalue weighted by Gasteiger charge is 2.16. The van der Waals surface area contributed by atoms with E-state index in [1.807, 2.05) is 25.2 Å². The molecule has 90 valence electrons. The van der Waals surface area contributed by atoms with E-state index in [2.05, 4.69) is 28.0 Å². The fraction of sp³-hybridized carbons (Fsp3) is 0.250. The summed E-state index contributed by atoms with van der Waals surface area (Å²) in [6.45, 7) is 2.06. The number of nitrogens with two attached hydrogens (primary N) is 1. The van der Waals surface area contributed by atoms with Gasteiger partial charge < -0.3 is 5.73 Å². The summed E-state index contributed by atoms with van der Waals surface area (Å²) in [5, 5.41) is 5.11. The first-order valence-corrected chi connectivity index (χ1v) is 6.48. The van der Waals surface area contributed by atoms with Crippen molar-refractivity contribution in [3.63, 3.8) is 0 Å². The summed E-state index contributed by atoms with van der Waals surface area (Å²) in [5.41, 5.74) is 8.80. The molecular formula is C12H13BrClN3. The molecule has 0 unspecified atom stereocenters. The number of anilines is 1. The van der Waals surface area contributed by atoms with Crippen molar-refractivity contribution in [2.24, 2.45) is 7.05 Å². The highest BCUT2D eigenvalue weighted by molar-refractivity contribution is 9.10. The maximum atomic E-state index is 6.23. The van der Waals surface area contributed by atoms with E-state index in [9.17, 15) is 0 Å². The first kappa shape index (κ1) is 12.5. The molecule has 3 nitrogen and oxygen atoms in total. The summed E-state index contributed by atoms with van der Waals surface area (Å²) in [7, 11) is 1.84. The molecule has 0 aliphatic carbocycles. The minimum absolute atomic E-state index is 0.673. The Bertz CT molecular complexity index is 563. The first-order chi connectivity index (χ1) is 8.04. The maximum absolute atomic E-state index is 6.23. The lowest BCUT2D eigenvalue weighted by Gasteiger charge is -2.04. The van der Waals surface area contributed by atoms with Crippen LogP contribution in [0.25, 0.3) is 11.3 Å². The quantitative estimate of drug-likeness (QED) is 0.919. The minimum Gasteiger partial charge on any atom is -0.384 e. The van der Waals surface area contributed by atoms with Gasteiger partial charge in [-0.3, -0.25) is 4.68 Å². The number of hydrogen-bond acceptors (Lipinski definition) is 2. The molecule has 0 saturated heterocycles. The molecule has 0 fully saturated rings. The van der Waals surface area contributed by atoms with Gasteiger partial charge in [0.05, 0.1) is 10.7 Å². The highest BCUT2D eigenvalue weighted by Crippen LogP contribution is 2.33. The average molecular weight is 315 g/mol. The van der Waals surface area contributed by atoms with Crippen LogP contribution in [-0.4, -0.2) is 9.78 Å². The van der Waals surface area contributed by atoms with Crippen LogP contribution in [0.1, 0.15) is 12.5 Å². The third kappa shape index (κ3) is 2.19. The van der Waals surface area contributed by atoms with Crippen LogP contribution in [0.2, 0.25) is 5.02 Å². The van der Waals surface area contributed by atoms with E-state index < -0.39 is 0 Å². The Morgan fingerprint density at radius 2 is 2.18 bits per heavy atom. The number of hydrogen-bond donors (Lipinski definition) is 1. The zero-order valence-corrected chi connectivity index (χ0v) is 12.0. The van der Waals surface area contributed by atoms with Crippen LogP contribution < -0.4 is 5.73 Å². The van der Waals surface area contributed by atoms with Gasteiger partial charge in [0.2, 0.25) is 0 Å². The van der Waals surface area contributed by atoms with Gasteiger partial charge in [-0.05, 0) is 18.6 Å². The van der Waals surface area contributed by atoms with Gasteiger partial charge in [0.15, 0.2) is 0 Å². The van der Waals surface area contributed by atoms with E-state index >= 15 is 0 Å². The summed E-state index contributed by atoms with van der Waals surface area (Å²) in [4.78, 5) is 0. The lowest BCUT2D eigenvalue weighted by atomic mass is 10.1. The summed E-state index contributed by atoms with van der Waals surface area (Å²) < 4.78 is 2.64. The molecule has 1 heterocycles. The third-order valence-corrected chi connectivity index (χ3v) is 3.54. The monoisotopic (exact) mass is 313 g/mol. The predicted molar refractivity (Wildman–Crippen MR) is 75.1 cm³/mol. The summed E-state index contributed by atoms with van der Waals surface area (Å²) in [6.07, 6.45) is 0.835. The Morgan fingerprint density at radius 1 is 1.47 bits per heavy atom. The lowest BCUT2D eigenvalue weighted by Crippen LogP contribution is -1.98. The largest absolute Gasteiger partial charge is 0.384 e. The van der Waals surface area contributed by atoms with Crippen LogP contribution in [0.4, 0.5) is 5.82 Å². The van der Waals surface area contributed by atoms with E-state index in [4.69, 9.17) is 17.3 Å². The Balaban J connectivity index is 2.64. The van der Waals surface area contributed by atoms with Crippen molar-refractivity contribution in [3.8, 4) is 11.3 Å². The number of halogens is 2. The van der Waals surface area contributed by atoms with E-state index in [-0.39, 0.29) is 0 Å². The smallest absolute Gasteiger partial charge is 0.125 e. The predicted octanol–water partition coefficient (Wildman–Crippen LogP) is 3.65. The lowest BCUT2D eigenvalue weighted by molar-refractivity contribution is 0.781. The molecule has 0 spiro atoms. The second kappa shape index (κ2) is 4.70. The molecule has 1 aromatic carbocycles. The van der Waals surface area contributed by atoms with Crippen LogP contribution in [-0.2, 0) is 13.5 Å². The van der Waals surface area contributed by atoms with Gasteiger partial charge >= 0.3 is 0 Å². The first-order valence-electron chi connectivity index (χ1n) is 5.31. The van der Waals surface area contributed by atoms with Crippen molar-refractivity contribution in [3.05, 3.63) is 33.3 Å². The highest BCUT2D eigenvalue weighted by atomic mass is 79.9. The third-order valence-electron chi connectivity index (χ3n) is 2.73. The number of rotatable bonds is 2. The molecule has 1 aromatic heterocycles. The number of nitrogen functional groups attached to an aromatic ring is 1. The van der Waals surface area contributed by atoms with Gasteiger partial charge in [0, 0.05) is 22.6 Å². The van der Waals surface area contributed by atoms with Crippen molar-refractivity contribution in [1.82, 2.24) is 9.78 Å². The summed E-state index contributed by atoms with van der Waals surface area (Å²) in [5.74, 6) is 0.696. The standard InChI is InChI=1S/C12H13BrClN3/c1-3-8-11(16-17(2)12(8)15)9-5-4-7(13)6-10(9)14/h4-6H,3,15H2,1-2H3. The van der Waals surface area contributed by atoms with Gasteiger partial charge in [0.25, 0.3) is 0 Å². The minimum atomic E-state index is 0.673. The molecule has 2 rings (SSSR count). The van der Waals surface area contributed by atoms with Crippen molar-refractivity contribution >= 4 is 33.3 Å². The molecule has 0 bridgehead atoms. The van der Waals surface area contributed by atoms with Crippen molar-refractivity contribution in [1.29, 1.82) is 0 Å². The van der Waals surface area contributed by atoms with Gasteiger partial charge in [-0.2, -0.15) is 5.10 Å². The molecule has 0 atom stereocenters. The molecule has 17 heavy (non-hydrogen) atoms. The molecule has 0 amide bonds. The Morgan fingerprint density at radius 3 is 2.76 bits per heavy atom. The van der Waals surface area contributed by atoms with E-state index in [1.165, 1.54) is 0 Å². The second-order valence-corrected chi connectivity index (χ2v) is 5.14. The van der Waals surface area contributed by atoms with Gasteiger partial charge in [0.1, 0.15) is 5.82 Å². The van der Waals surface area contributed by atoms with Crippen molar-refractivity contribution < 1.29 is 0 Å². The molecule has 0 radical (unpaired) electrons. The molecule has 2 N–H and O–H groups in total. The molecule has 5 heteroatoms. The van der Waals surface area contributed by atoms with Crippen LogP contribution >= 0.6 is 27.5 Å². The zero-order chi connectivity index (χ0) is 12.6. The molecule has 0 saturated carbocycles. The average Bonchev–Trinajstić information content (AvgIpc) is 2.55. The Hall–Kier alpha value is -1.00. The van der Waals surface area contributed by atoms with Crippen molar-refractivity contribution in [2.45, 2.75) is 13.3 Å². The fourth-order valence-corrected chi connectivity index (χ4v) is 2.59. The molecular weight excluding hydrogens is 302 g/mol. The SMILES string of the molecule is CCc1c(-c2ccc(Br)cc2Cl)nn(C)c1N. The van der Waals surface area contributed by atoms with Crippen LogP contribution in [0.5, 0.6) is 0 Å². The number of benzene rings is 1. The van der Waals surface area contributed by atoms with Crippen molar-refractivity contribution in [2.75, 3.05) is 5.73 Å². The van der Waals surface area contributed by atoms with Gasteiger partial charge in [-0.1, -0.05) is 40.5 Å². The normalized spacial score (nSPS) is 10.8. The fourth-order valence-electron chi connectivity index (χ4n) is 1.83. The molecule has 0 aliphatic rings. The Labute approximate surface area is 114 Å². The maximum Gasteiger partial charge on any atom is 0.125 e. The number of nitrogens with zero attached hydrogens (tertiary/aromatic N) is 2. The molecule has 0 aliphatic heterocycles. The second-order valence-electron chi connectivity index (χ2n) is 3.81. The number of aromatic nitrogens is 2. The molecule has 2 aromatic rings. The van der Waals surface area contributed by atoms with Gasteiger partial charge in [-0.25, -0.2) is 0 Å². The van der Waals surface area contributed by atoms with Gasteiger partial charge in [-0.15, -0.1) is 0 Å². The van der Waals surface area contributed by atoms with Crippen LogP contribution in [0.3, 0.4) is 0 Å². The summed E-state index contributed by atoms with van der Waals surface area (Å²) >= 11 is 9.62.